The molecule has 5 heteroatoms. The molecule has 0 atom stereocenters. The van der Waals surface area contributed by atoms with E-state index in [9.17, 15) is 0 Å². The van der Waals surface area contributed by atoms with Crippen LogP contribution in [0.3, 0.4) is 0 Å². The summed E-state index contributed by atoms with van der Waals surface area (Å²) in [5.41, 5.74) is 0. The summed E-state index contributed by atoms with van der Waals surface area (Å²) in [5.74, 6) is 1.99. The van der Waals surface area contributed by atoms with Crippen LogP contribution in [0.1, 0.15) is 0 Å². The predicted octanol–water partition coefficient (Wildman–Crippen LogP) is 1.80. The highest BCUT2D eigenvalue weighted by Gasteiger charge is 1.59. The van der Waals surface area contributed by atoms with Gasteiger partial charge in [-0.15, -0.1) is 4.91 Å². The molecule has 0 unspecified atom stereocenters. The second kappa shape index (κ2) is 6.98. The predicted molar refractivity (Wildman–Crippen MR) is 34.3 cm³/mol. The molecule has 0 spiro atoms. The van der Waals surface area contributed by atoms with E-state index in [2.05, 4.69) is 4.75 Å². The number of nitrogens with zero attached hydrogens (tertiary/aromatic N) is 2. The van der Waals surface area contributed by atoms with Gasteiger partial charge in [0, 0.05) is 14.5 Å². The van der Waals surface area contributed by atoms with Crippen molar-refractivity contribution >= 4 is 8.35 Å². The van der Waals surface area contributed by atoms with E-state index in [0.29, 0.717) is 0 Å². The van der Waals surface area contributed by atoms with E-state index >= 15 is 0 Å². The summed E-state index contributed by atoms with van der Waals surface area (Å²) in [6.45, 7) is 0. The highest BCUT2D eigenvalue weighted by molar-refractivity contribution is 7.24. The van der Waals surface area contributed by atoms with Crippen molar-refractivity contribution in [2.75, 3.05) is 0 Å². The van der Waals surface area contributed by atoms with Gasteiger partial charge in [0.25, 0.3) is 0 Å². The van der Waals surface area contributed by atoms with Crippen molar-refractivity contribution in [3.63, 3.8) is 0 Å². The number of hydrogen-bond acceptors (Lipinski definition) is 3. The summed E-state index contributed by atoms with van der Waals surface area (Å²) in [7, 11) is 1.06. The van der Waals surface area contributed by atoms with Crippen LogP contribution in [0.4, 0.5) is 0 Å². The number of rotatable bonds is 0. The Bertz CT molecular complexity index is 120. The largest absolute Gasteiger partial charge is 0.379 e. The van der Waals surface area contributed by atoms with Crippen LogP contribution in [0.15, 0.2) is 29.5 Å². The van der Waals surface area contributed by atoms with E-state index < -0.39 is 0 Å². The van der Waals surface area contributed by atoms with Crippen molar-refractivity contribution in [1.29, 1.82) is 0 Å². The Morgan fingerprint density at radius 3 is 2.33 bits per heavy atom. The van der Waals surface area contributed by atoms with Gasteiger partial charge in [0.2, 0.25) is 0 Å². The lowest BCUT2D eigenvalue weighted by atomic mass is 10.7. The first-order valence-electron chi connectivity index (χ1n) is 2.10. The molecule has 0 fully saturated rings. The Labute approximate surface area is 53.7 Å². The first kappa shape index (κ1) is 7.98. The Balaban J connectivity index is 0.000000187. The van der Waals surface area contributed by atoms with Crippen LogP contribution >= 0.6 is 8.35 Å². The molecule has 4 nitrogen and oxygen atoms in total. The smallest absolute Gasteiger partial charge is 0.152 e. The van der Waals surface area contributed by atoms with Gasteiger partial charge in [-0.05, 0) is 11.9 Å². The van der Waals surface area contributed by atoms with Crippen molar-refractivity contribution < 1.29 is 5.21 Å². The minimum atomic E-state index is 1.06. The van der Waals surface area contributed by atoms with Crippen molar-refractivity contribution in [3.05, 3.63) is 29.0 Å². The first-order valence-corrected chi connectivity index (χ1v) is 3.02. The number of aromatic nitrogens is 1. The fourth-order valence-corrected chi connectivity index (χ4v) is 0.661. The molecule has 48 valence electrons. The molecule has 0 aliphatic heterocycles. The molecule has 9 heavy (non-hydrogen) atoms. The van der Waals surface area contributed by atoms with E-state index in [0.717, 1.165) is 8.35 Å². The average Bonchev–Trinajstić information content (AvgIpc) is 1.93. The second-order valence-corrected chi connectivity index (χ2v) is 1.76. The van der Waals surface area contributed by atoms with Crippen LogP contribution in [-0.2, 0) is 0 Å². The summed E-state index contributed by atoms with van der Waals surface area (Å²) in [5, 5.41) is 7.89. The fourth-order valence-electron chi connectivity index (χ4n) is 0.253. The molecule has 0 saturated carbocycles. The highest BCUT2D eigenvalue weighted by atomic mass is 31.0. The lowest BCUT2D eigenvalue weighted by Gasteiger charge is -1.68. The third-order valence-corrected chi connectivity index (χ3v) is 1.06. The van der Waals surface area contributed by atoms with E-state index in [1.807, 2.05) is 17.9 Å². The highest BCUT2D eigenvalue weighted by Crippen LogP contribution is 1.91. The van der Waals surface area contributed by atoms with E-state index in [1.165, 1.54) is 5.34 Å². The molecule has 1 heterocycles. The zero-order valence-electron chi connectivity index (χ0n) is 4.51. The van der Waals surface area contributed by atoms with Gasteiger partial charge < -0.3 is 5.21 Å². The van der Waals surface area contributed by atoms with E-state index in [-0.39, 0.29) is 0 Å². The molecular formula is C4H5N2O2P. The van der Waals surface area contributed by atoms with Crippen LogP contribution in [0.25, 0.3) is 0 Å². The van der Waals surface area contributed by atoms with Crippen molar-refractivity contribution in [3.8, 4) is 0 Å². The molecule has 1 aromatic rings. The normalized spacial score (nSPS) is 7.56. The van der Waals surface area contributed by atoms with Crippen LogP contribution in [0, 0.1) is 4.91 Å². The Morgan fingerprint density at radius 1 is 1.56 bits per heavy atom. The van der Waals surface area contributed by atoms with Crippen molar-refractivity contribution in [1.82, 2.24) is 4.75 Å². The Kier molecular flexibility index (Phi) is 6.19. The van der Waals surface area contributed by atoms with Crippen LogP contribution in [0.5, 0.6) is 0 Å². The lowest BCUT2D eigenvalue weighted by molar-refractivity contribution is 0.312. The summed E-state index contributed by atoms with van der Waals surface area (Å²) in [6.07, 6.45) is 1.79. The van der Waals surface area contributed by atoms with Gasteiger partial charge in [-0.1, -0.05) is 6.07 Å². The maximum atomic E-state index is 8.11. The van der Waals surface area contributed by atoms with E-state index in [4.69, 9.17) is 10.1 Å². The van der Waals surface area contributed by atoms with Crippen LogP contribution in [-0.4, -0.2) is 9.95 Å². The summed E-state index contributed by atoms with van der Waals surface area (Å²) < 4.78 is 3.88. The van der Waals surface area contributed by atoms with Gasteiger partial charge in [0.15, 0.2) is 5.34 Å². The van der Waals surface area contributed by atoms with Crippen molar-refractivity contribution in [2.45, 2.75) is 0 Å². The zero-order valence-corrected chi connectivity index (χ0v) is 5.40. The van der Waals surface area contributed by atoms with Crippen LogP contribution in [0.2, 0.25) is 0 Å². The van der Waals surface area contributed by atoms with Gasteiger partial charge in [-0.3, -0.25) is 0 Å². The van der Waals surface area contributed by atoms with Gasteiger partial charge in [0.05, 0.1) is 0 Å². The topological polar surface area (TPSA) is 62.5 Å². The lowest BCUT2D eigenvalue weighted by Crippen LogP contribution is -1.49. The van der Waals surface area contributed by atoms with Gasteiger partial charge in [-0.25, -0.2) is 4.75 Å². The standard InChI is InChI=1S/C4H4NP.HNO2/c1-2-4-6-5-3-1;2-1-3/h1-4H;(H,2,3). The molecule has 1 rings (SSSR count). The van der Waals surface area contributed by atoms with Gasteiger partial charge in [-0.2, -0.15) is 0 Å². The van der Waals surface area contributed by atoms with Gasteiger partial charge in [0.1, 0.15) is 0 Å². The van der Waals surface area contributed by atoms with Gasteiger partial charge >= 0.3 is 0 Å². The molecule has 1 aromatic heterocycles. The van der Waals surface area contributed by atoms with Crippen LogP contribution < -0.4 is 0 Å². The minimum absolute atomic E-state index is 1.06. The molecule has 0 amide bonds. The fraction of sp³-hybridized carbons (Fsp3) is 0. The Hall–Kier alpha value is -1.02. The second-order valence-electron chi connectivity index (χ2n) is 0.996. The molecule has 0 aliphatic carbocycles. The van der Waals surface area contributed by atoms with Crippen molar-refractivity contribution in [2.24, 2.45) is 5.34 Å². The molecular weight excluding hydrogens is 139 g/mol. The third kappa shape index (κ3) is 6.98. The monoisotopic (exact) mass is 144 g/mol. The third-order valence-electron chi connectivity index (χ3n) is 0.483. The zero-order chi connectivity index (χ0) is 6.95. The first-order chi connectivity index (χ1) is 4.41. The minimum Gasteiger partial charge on any atom is -0.379 e. The summed E-state index contributed by atoms with van der Waals surface area (Å²) in [6, 6.07) is 3.89. The molecule has 0 saturated heterocycles. The number of hydrogen-bond donors (Lipinski definition) is 1. The summed E-state index contributed by atoms with van der Waals surface area (Å²) in [4.78, 5) is 8.11. The Morgan fingerprint density at radius 2 is 2.22 bits per heavy atom. The molecule has 0 bridgehead atoms. The molecule has 0 radical (unpaired) electrons. The quantitative estimate of drug-likeness (QED) is 0.446. The van der Waals surface area contributed by atoms with E-state index in [1.54, 1.807) is 6.20 Å². The molecule has 0 aliphatic rings. The maximum absolute atomic E-state index is 8.11. The average molecular weight is 144 g/mol. The molecule has 0 aromatic carbocycles. The molecule has 1 N–H and O–H groups in total. The summed E-state index contributed by atoms with van der Waals surface area (Å²) >= 11 is 0. The SMILES string of the molecule is O=NO.c1ccpnc1. The maximum Gasteiger partial charge on any atom is 0.152 e.